The molecular weight excluding hydrogens is 432 g/mol. The van der Waals surface area contributed by atoms with Crippen molar-refractivity contribution in [1.29, 1.82) is 0 Å². The Bertz CT molecular complexity index is 1120. The van der Waals surface area contributed by atoms with Gasteiger partial charge in [0.25, 0.3) is 12.3 Å². The molecule has 30 heavy (non-hydrogen) atoms. The molecule has 0 saturated heterocycles. The van der Waals surface area contributed by atoms with Gasteiger partial charge in [-0.05, 0) is 6.07 Å². The lowest BCUT2D eigenvalue weighted by Gasteiger charge is -2.33. The van der Waals surface area contributed by atoms with Gasteiger partial charge in [0.05, 0.1) is 29.0 Å². The van der Waals surface area contributed by atoms with Crippen molar-refractivity contribution in [2.45, 2.75) is 12.0 Å². The summed E-state index contributed by atoms with van der Waals surface area (Å²) in [7, 11) is -2.79. The van der Waals surface area contributed by atoms with Crippen molar-refractivity contribution in [2.24, 2.45) is 10.7 Å². The Balaban J connectivity index is 1.95. The van der Waals surface area contributed by atoms with E-state index in [2.05, 4.69) is 20.0 Å². The van der Waals surface area contributed by atoms with Gasteiger partial charge in [-0.3, -0.25) is 9.79 Å². The molecule has 2 heterocycles. The van der Waals surface area contributed by atoms with Crippen LogP contribution in [0.5, 0.6) is 5.75 Å². The third-order valence-corrected chi connectivity index (χ3v) is 4.47. The maximum Gasteiger partial charge on any atom is 0.275 e. The molecule has 160 valence electrons. The van der Waals surface area contributed by atoms with Crippen LogP contribution in [0.3, 0.4) is 0 Å². The van der Waals surface area contributed by atoms with Crippen LogP contribution in [0, 0.1) is 11.6 Å². The van der Waals surface area contributed by atoms with Crippen LogP contribution < -0.4 is 15.8 Å². The number of nitrogens with one attached hydrogen (secondary N) is 1. The molecule has 0 bridgehead atoms. The summed E-state index contributed by atoms with van der Waals surface area (Å²) < 4.78 is 87.3. The largest absolute Gasteiger partial charge is 0.495 e. The van der Waals surface area contributed by atoms with Crippen LogP contribution in [0.25, 0.3) is 0 Å². The predicted molar refractivity (Wildman–Crippen MR) is 100 cm³/mol. The number of aliphatic imine (C=N–C) groups is 1. The molecule has 2 aromatic rings. The lowest BCUT2D eigenvalue weighted by molar-refractivity contribution is -0.0148. The first-order chi connectivity index (χ1) is 15.3. The Morgan fingerprint density at radius 1 is 1.43 bits per heavy atom. The van der Waals surface area contributed by atoms with Crippen molar-refractivity contribution in [1.82, 2.24) is 4.98 Å². The molecular formula is C18H15ClF4N4O3. The van der Waals surface area contributed by atoms with E-state index in [4.69, 9.17) is 26.2 Å². The predicted octanol–water partition coefficient (Wildman–Crippen LogP) is 3.12. The Kier molecular flexibility index (Phi) is 5.04. The van der Waals surface area contributed by atoms with Gasteiger partial charge >= 0.3 is 0 Å². The molecule has 0 fully saturated rings. The highest BCUT2D eigenvalue weighted by Crippen LogP contribution is 2.38. The summed E-state index contributed by atoms with van der Waals surface area (Å²) in [5.74, 6) is -4.77. The molecule has 1 aromatic carbocycles. The SMILES string of the molecule is [2H]C([2H])([2H])Oc1cnc(C(=O)Nc2cc(F)c(F)c(C3(C(F)F)COCC(N)=N3)c2)c(Cl)c1. The average molecular weight is 450 g/mol. The van der Waals surface area contributed by atoms with Crippen molar-refractivity contribution in [3.05, 3.63) is 52.3 Å². The summed E-state index contributed by atoms with van der Waals surface area (Å²) in [5.41, 5.74) is 1.14. The van der Waals surface area contributed by atoms with E-state index in [9.17, 15) is 22.4 Å². The molecule has 0 spiro atoms. The fraction of sp³-hybridized carbons (Fsp3) is 0.278. The topological polar surface area (TPSA) is 98.8 Å². The first kappa shape index (κ1) is 17.9. The molecule has 0 radical (unpaired) electrons. The molecule has 3 N–H and O–H groups in total. The highest BCUT2D eigenvalue weighted by atomic mass is 35.5. The standard InChI is InChI=1S/C18H15ClF4N4O3/c1-29-9-4-11(19)15(25-5-9)16(28)26-8-2-10(14(21)12(20)3-8)18(17(22)23)7-30-6-13(24)27-18/h2-5,17H,6-7H2,1H3,(H2,24,27)(H,26,28)/i1D3. The number of nitrogens with two attached hydrogens (primary N) is 1. The summed E-state index contributed by atoms with van der Waals surface area (Å²) in [5, 5.41) is 1.85. The number of pyridine rings is 1. The van der Waals surface area contributed by atoms with E-state index in [-0.39, 0.29) is 23.2 Å². The smallest absolute Gasteiger partial charge is 0.275 e. The van der Waals surface area contributed by atoms with Gasteiger partial charge in [0, 0.05) is 23.4 Å². The molecule has 1 amide bonds. The monoisotopic (exact) mass is 449 g/mol. The van der Waals surface area contributed by atoms with Crippen molar-refractivity contribution in [3.8, 4) is 5.75 Å². The number of halogens is 5. The normalized spacial score (nSPS) is 20.7. The van der Waals surface area contributed by atoms with E-state index in [1.54, 1.807) is 0 Å². The van der Waals surface area contributed by atoms with E-state index in [0.29, 0.717) is 6.07 Å². The van der Waals surface area contributed by atoms with Gasteiger partial charge in [-0.1, -0.05) is 11.6 Å². The third kappa shape index (κ3) is 4.03. The molecule has 1 aromatic heterocycles. The van der Waals surface area contributed by atoms with E-state index in [1.165, 1.54) is 0 Å². The number of nitrogens with zero attached hydrogens (tertiary/aromatic N) is 2. The summed E-state index contributed by atoms with van der Waals surface area (Å²) in [4.78, 5) is 19.9. The molecule has 0 saturated carbocycles. The Labute approximate surface area is 177 Å². The van der Waals surface area contributed by atoms with Crippen molar-refractivity contribution < 1.29 is 35.9 Å². The number of alkyl halides is 2. The van der Waals surface area contributed by atoms with Gasteiger partial charge in [0.1, 0.15) is 23.9 Å². The Hall–Kier alpha value is -2.92. The first-order valence-electron chi connectivity index (χ1n) is 9.68. The maximum absolute atomic E-state index is 14.5. The lowest BCUT2D eigenvalue weighted by Crippen LogP contribution is -2.45. The van der Waals surface area contributed by atoms with Crippen molar-refractivity contribution in [2.75, 3.05) is 25.6 Å². The molecule has 1 aliphatic rings. The van der Waals surface area contributed by atoms with E-state index in [1.807, 2.05) is 0 Å². The zero-order valence-corrected chi connectivity index (χ0v) is 15.6. The summed E-state index contributed by atoms with van der Waals surface area (Å²) in [6.45, 7) is -1.04. The molecule has 1 unspecified atom stereocenters. The second kappa shape index (κ2) is 8.44. The van der Waals surface area contributed by atoms with Crippen LogP contribution in [0.1, 0.15) is 20.2 Å². The van der Waals surface area contributed by atoms with Gasteiger partial charge < -0.3 is 20.5 Å². The number of hydrogen-bond acceptors (Lipinski definition) is 6. The van der Waals surface area contributed by atoms with Gasteiger partial charge in [-0.25, -0.2) is 22.5 Å². The van der Waals surface area contributed by atoms with Crippen molar-refractivity contribution >= 4 is 29.0 Å². The quantitative estimate of drug-likeness (QED) is 0.683. The van der Waals surface area contributed by atoms with Crippen LogP contribution in [-0.4, -0.2) is 43.4 Å². The molecule has 0 aliphatic carbocycles. The highest BCUT2D eigenvalue weighted by molar-refractivity contribution is 6.34. The molecule has 3 rings (SSSR count). The zero-order chi connectivity index (χ0) is 24.6. The summed E-state index contributed by atoms with van der Waals surface area (Å²) >= 11 is 5.94. The zero-order valence-electron chi connectivity index (χ0n) is 17.9. The highest BCUT2D eigenvalue weighted by Gasteiger charge is 2.47. The van der Waals surface area contributed by atoms with E-state index >= 15 is 0 Å². The summed E-state index contributed by atoms with van der Waals surface area (Å²) in [6, 6.07) is 2.34. The minimum absolute atomic E-state index is 0.252. The summed E-state index contributed by atoms with van der Waals surface area (Å²) in [6.07, 6.45) is -2.41. The molecule has 1 atom stereocenters. The fourth-order valence-corrected chi connectivity index (χ4v) is 3.05. The van der Waals surface area contributed by atoms with Crippen LogP contribution in [0.15, 0.2) is 29.4 Å². The minimum atomic E-state index is -3.32. The van der Waals surface area contributed by atoms with Gasteiger partial charge in [-0.15, -0.1) is 0 Å². The van der Waals surface area contributed by atoms with E-state index in [0.717, 1.165) is 18.3 Å². The van der Waals surface area contributed by atoms with Crippen LogP contribution in [0.2, 0.25) is 5.02 Å². The molecule has 12 heteroatoms. The maximum atomic E-state index is 14.5. The number of carbonyl (C=O) groups is 1. The number of amidine groups is 1. The van der Waals surface area contributed by atoms with Gasteiger partial charge in [0.15, 0.2) is 17.2 Å². The fourth-order valence-electron chi connectivity index (χ4n) is 2.81. The number of ether oxygens (including phenoxy) is 2. The molecule has 7 nitrogen and oxygen atoms in total. The number of aromatic nitrogens is 1. The van der Waals surface area contributed by atoms with Gasteiger partial charge in [0.2, 0.25) is 0 Å². The second-order valence-corrected chi connectivity index (χ2v) is 6.61. The first-order valence-corrected chi connectivity index (χ1v) is 8.56. The molecule has 1 aliphatic heterocycles. The van der Waals surface area contributed by atoms with Crippen LogP contribution in [-0.2, 0) is 10.3 Å². The third-order valence-electron chi connectivity index (χ3n) is 4.18. The average Bonchev–Trinajstić information content (AvgIpc) is 2.69. The Morgan fingerprint density at radius 2 is 2.20 bits per heavy atom. The lowest BCUT2D eigenvalue weighted by atomic mass is 9.89. The number of amides is 1. The van der Waals surface area contributed by atoms with Gasteiger partial charge in [-0.2, -0.15) is 0 Å². The minimum Gasteiger partial charge on any atom is -0.495 e. The number of hydrogen-bond donors (Lipinski definition) is 2. The van der Waals surface area contributed by atoms with E-state index < -0.39 is 60.1 Å². The number of benzene rings is 1. The number of methoxy groups -OCH3 is 1. The van der Waals surface area contributed by atoms with Crippen LogP contribution >= 0.6 is 11.6 Å². The number of rotatable bonds is 5. The number of anilines is 1. The second-order valence-electron chi connectivity index (χ2n) is 6.20. The Morgan fingerprint density at radius 3 is 2.83 bits per heavy atom. The van der Waals surface area contributed by atoms with Crippen LogP contribution in [0.4, 0.5) is 23.2 Å². The van der Waals surface area contributed by atoms with Crippen molar-refractivity contribution in [3.63, 3.8) is 0 Å². The number of carbonyl (C=O) groups excluding carboxylic acids is 1.